The summed E-state index contributed by atoms with van der Waals surface area (Å²) in [5.41, 5.74) is -0.792. The lowest BCUT2D eigenvalue weighted by molar-refractivity contribution is -0.140. The first-order valence-corrected chi connectivity index (χ1v) is 6.19. The number of carbonyl (C=O) groups is 2. The van der Waals surface area contributed by atoms with Gasteiger partial charge in [-0.1, -0.05) is 0 Å². The minimum atomic E-state index is -1.23. The van der Waals surface area contributed by atoms with Crippen LogP contribution in [0, 0.1) is 6.92 Å². The quantitative estimate of drug-likeness (QED) is 0.872. The first kappa shape index (κ1) is 13.2. The maximum atomic E-state index is 12.3. The van der Waals surface area contributed by atoms with Gasteiger partial charge in [-0.25, -0.2) is 14.6 Å². The molecule has 0 aromatic carbocycles. The molecule has 7 nitrogen and oxygen atoms in total. The molecule has 0 spiro atoms. The molecule has 2 rings (SSSR count). The Morgan fingerprint density at radius 1 is 1.42 bits per heavy atom. The van der Waals surface area contributed by atoms with E-state index < -0.39 is 23.5 Å². The van der Waals surface area contributed by atoms with E-state index >= 15 is 0 Å². The van der Waals surface area contributed by atoms with Crippen molar-refractivity contribution < 1.29 is 19.8 Å². The van der Waals surface area contributed by atoms with Crippen LogP contribution in [0.15, 0.2) is 10.2 Å². The van der Waals surface area contributed by atoms with E-state index in [0.717, 1.165) is 15.9 Å². The summed E-state index contributed by atoms with van der Waals surface area (Å²) in [5, 5.41) is 19.3. The Kier molecular flexibility index (Phi) is 3.11. The van der Waals surface area contributed by atoms with Crippen LogP contribution < -0.4 is 5.56 Å². The second-order valence-corrected chi connectivity index (χ2v) is 4.84. The smallest absolute Gasteiger partial charge is 0.337 e. The molecule has 2 aromatic rings. The van der Waals surface area contributed by atoms with E-state index in [1.54, 1.807) is 0 Å². The lowest BCUT2D eigenvalue weighted by Gasteiger charge is -2.13. The van der Waals surface area contributed by atoms with E-state index in [0.29, 0.717) is 4.83 Å². The van der Waals surface area contributed by atoms with Crippen LogP contribution in [0.3, 0.4) is 0 Å². The number of aromatic nitrogens is 2. The van der Waals surface area contributed by atoms with Gasteiger partial charge in [-0.15, -0.1) is 11.3 Å². The monoisotopic (exact) mass is 282 g/mol. The maximum Gasteiger partial charge on any atom is 0.337 e. The van der Waals surface area contributed by atoms with Crippen molar-refractivity contribution in [1.82, 2.24) is 9.55 Å². The number of aromatic carboxylic acids is 1. The second-order valence-electron chi connectivity index (χ2n) is 3.98. The fourth-order valence-electron chi connectivity index (χ4n) is 1.83. The summed E-state index contributed by atoms with van der Waals surface area (Å²) in [6, 6.07) is -1.11. The number of rotatable bonds is 3. The number of carboxylic acid groups (broad SMARTS) is 2. The van der Waals surface area contributed by atoms with Crippen molar-refractivity contribution in [3.63, 3.8) is 0 Å². The Bertz CT molecular complexity index is 745. The standard InChI is InChI=1S/C11H10N2O5S/c1-4(10(15)16)13-5(2)12-8-7(9(13)14)6(3-19-8)11(17)18/h3-4H,1-2H3,(H,15,16)(H,17,18). The number of hydrogen-bond donors (Lipinski definition) is 2. The Morgan fingerprint density at radius 3 is 2.58 bits per heavy atom. The van der Waals surface area contributed by atoms with Gasteiger partial charge in [-0.05, 0) is 13.8 Å². The summed E-state index contributed by atoms with van der Waals surface area (Å²) in [4.78, 5) is 38.7. The highest BCUT2D eigenvalue weighted by Crippen LogP contribution is 2.22. The SMILES string of the molecule is Cc1nc2scc(C(=O)O)c2c(=O)n1C(C)C(=O)O. The van der Waals surface area contributed by atoms with Crippen LogP contribution in [0.25, 0.3) is 10.2 Å². The van der Waals surface area contributed by atoms with Crippen LogP contribution >= 0.6 is 11.3 Å². The molecule has 100 valence electrons. The largest absolute Gasteiger partial charge is 0.480 e. The average Bonchev–Trinajstić information content (AvgIpc) is 2.72. The molecule has 0 fully saturated rings. The first-order chi connectivity index (χ1) is 8.84. The summed E-state index contributed by atoms with van der Waals surface area (Å²) in [6.45, 7) is 2.86. The summed E-state index contributed by atoms with van der Waals surface area (Å²) in [6.07, 6.45) is 0. The molecule has 2 heterocycles. The average molecular weight is 282 g/mol. The van der Waals surface area contributed by atoms with E-state index in [1.165, 1.54) is 19.2 Å². The van der Waals surface area contributed by atoms with Crippen LogP contribution in [0.4, 0.5) is 0 Å². The number of hydrogen-bond acceptors (Lipinski definition) is 5. The normalized spacial score (nSPS) is 12.5. The second kappa shape index (κ2) is 4.47. The Balaban J connectivity index is 2.87. The van der Waals surface area contributed by atoms with E-state index in [9.17, 15) is 14.4 Å². The molecule has 0 bridgehead atoms. The van der Waals surface area contributed by atoms with Crippen molar-refractivity contribution in [1.29, 1.82) is 0 Å². The summed E-state index contributed by atoms with van der Waals surface area (Å²) in [7, 11) is 0. The van der Waals surface area contributed by atoms with Crippen molar-refractivity contribution in [3.8, 4) is 0 Å². The van der Waals surface area contributed by atoms with Gasteiger partial charge in [-0.3, -0.25) is 9.36 Å². The first-order valence-electron chi connectivity index (χ1n) is 5.31. The van der Waals surface area contributed by atoms with Crippen LogP contribution in [-0.4, -0.2) is 31.7 Å². The van der Waals surface area contributed by atoms with Gasteiger partial charge >= 0.3 is 11.9 Å². The third-order valence-corrected chi connectivity index (χ3v) is 3.66. The summed E-state index contributed by atoms with van der Waals surface area (Å²) >= 11 is 1.05. The number of aliphatic carboxylic acids is 1. The van der Waals surface area contributed by atoms with Gasteiger partial charge in [0, 0.05) is 5.38 Å². The zero-order valence-electron chi connectivity index (χ0n) is 10.1. The Labute approximate surface area is 110 Å². The van der Waals surface area contributed by atoms with Crippen LogP contribution in [0.1, 0.15) is 29.1 Å². The third-order valence-electron chi connectivity index (χ3n) is 2.79. The molecule has 0 aliphatic rings. The lowest BCUT2D eigenvalue weighted by atomic mass is 10.2. The Morgan fingerprint density at radius 2 is 2.05 bits per heavy atom. The third kappa shape index (κ3) is 1.99. The number of aryl methyl sites for hydroxylation is 1. The molecule has 19 heavy (non-hydrogen) atoms. The van der Waals surface area contributed by atoms with Crippen LogP contribution in [0.5, 0.6) is 0 Å². The molecule has 2 N–H and O–H groups in total. The number of carboxylic acids is 2. The molecular weight excluding hydrogens is 272 g/mol. The minimum Gasteiger partial charge on any atom is -0.480 e. The number of thiophene rings is 1. The molecular formula is C11H10N2O5S. The number of nitrogens with zero attached hydrogens (tertiary/aromatic N) is 2. The van der Waals surface area contributed by atoms with E-state index in [1.807, 2.05) is 0 Å². The molecule has 0 aliphatic heterocycles. The highest BCUT2D eigenvalue weighted by atomic mass is 32.1. The van der Waals surface area contributed by atoms with Gasteiger partial charge in [0.1, 0.15) is 16.7 Å². The van der Waals surface area contributed by atoms with Crippen LogP contribution in [-0.2, 0) is 4.79 Å². The van der Waals surface area contributed by atoms with Crippen LogP contribution in [0.2, 0.25) is 0 Å². The molecule has 1 unspecified atom stereocenters. The molecule has 2 aromatic heterocycles. The number of fused-ring (bicyclic) bond motifs is 1. The minimum absolute atomic E-state index is 0.0452. The van der Waals surface area contributed by atoms with Crippen molar-refractivity contribution in [2.75, 3.05) is 0 Å². The Hall–Kier alpha value is -2.22. The van der Waals surface area contributed by atoms with Gasteiger partial charge in [-0.2, -0.15) is 0 Å². The van der Waals surface area contributed by atoms with Gasteiger partial charge in [0.15, 0.2) is 0 Å². The highest BCUT2D eigenvalue weighted by Gasteiger charge is 2.23. The van der Waals surface area contributed by atoms with Crippen molar-refractivity contribution in [2.45, 2.75) is 19.9 Å². The van der Waals surface area contributed by atoms with Crippen molar-refractivity contribution in [2.24, 2.45) is 0 Å². The lowest BCUT2D eigenvalue weighted by Crippen LogP contribution is -2.31. The fraction of sp³-hybridized carbons (Fsp3) is 0.273. The molecule has 0 saturated carbocycles. The predicted octanol–water partition coefficient (Wildman–Crippen LogP) is 1.11. The molecule has 0 saturated heterocycles. The van der Waals surface area contributed by atoms with Gasteiger partial charge in [0.05, 0.1) is 10.9 Å². The van der Waals surface area contributed by atoms with Crippen molar-refractivity contribution >= 4 is 33.5 Å². The molecule has 0 radical (unpaired) electrons. The van der Waals surface area contributed by atoms with Gasteiger partial charge in [0.25, 0.3) is 5.56 Å². The fourth-order valence-corrected chi connectivity index (χ4v) is 2.78. The van der Waals surface area contributed by atoms with Gasteiger partial charge in [0.2, 0.25) is 0 Å². The molecule has 0 aliphatic carbocycles. The molecule has 8 heteroatoms. The van der Waals surface area contributed by atoms with Crippen molar-refractivity contribution in [3.05, 3.63) is 27.1 Å². The summed E-state index contributed by atoms with van der Waals surface area (Å²) < 4.78 is 0.990. The molecule has 0 amide bonds. The van der Waals surface area contributed by atoms with E-state index in [4.69, 9.17) is 10.2 Å². The predicted molar refractivity (Wildman–Crippen MR) is 67.9 cm³/mol. The summed E-state index contributed by atoms with van der Waals surface area (Å²) in [5.74, 6) is -2.17. The molecule has 1 atom stereocenters. The van der Waals surface area contributed by atoms with E-state index in [2.05, 4.69) is 4.98 Å². The highest BCUT2D eigenvalue weighted by molar-refractivity contribution is 7.17. The zero-order valence-corrected chi connectivity index (χ0v) is 10.9. The van der Waals surface area contributed by atoms with Gasteiger partial charge < -0.3 is 10.2 Å². The topological polar surface area (TPSA) is 109 Å². The van der Waals surface area contributed by atoms with E-state index in [-0.39, 0.29) is 16.8 Å². The maximum absolute atomic E-state index is 12.3. The zero-order chi connectivity index (χ0) is 14.3.